The summed E-state index contributed by atoms with van der Waals surface area (Å²) in [6.45, 7) is 4.15. The van der Waals surface area contributed by atoms with Crippen LogP contribution in [0, 0.1) is 0 Å². The molecule has 2 atom stereocenters. The van der Waals surface area contributed by atoms with E-state index in [1.54, 1.807) is 0 Å². The number of unbranched alkanes of at least 4 members (excludes halogenated alkanes) is 35. The molecule has 9 nitrogen and oxygen atoms in total. The normalized spacial score (nSPS) is 13.8. The summed E-state index contributed by atoms with van der Waals surface area (Å²) in [7, 11) is 1.16. The van der Waals surface area contributed by atoms with E-state index in [4.69, 9.17) is 18.5 Å². The van der Waals surface area contributed by atoms with Gasteiger partial charge < -0.3 is 27.9 Å². The number of allylic oxidation sites excluding steroid dienone is 18. The zero-order chi connectivity index (χ0) is 64.1. The Balaban J connectivity index is 4.06. The SMILES string of the molecule is CC/C=C\C/C=C\C/C=C\C/C=C\C/C=C\C/C=C\C/C=C\C/C=C\CCCCCCCCCCCCC(=O)OC(COC(=O)CCCCCCCCCCCCCCCCCCC/C=C\CCCCCCCCCC)COP(=O)([O-])OCC[N+](C)(C)C. The number of esters is 2. The van der Waals surface area contributed by atoms with Gasteiger partial charge in [0.2, 0.25) is 0 Å². The Hall–Kier alpha value is -3.33. The zero-order valence-corrected chi connectivity index (χ0v) is 58.8. The molecule has 0 radical (unpaired) electrons. The predicted molar refractivity (Wildman–Crippen MR) is 378 cm³/mol. The molecule has 508 valence electrons. The summed E-state index contributed by atoms with van der Waals surface area (Å²) in [5.41, 5.74) is 0. The molecule has 0 bridgehead atoms. The van der Waals surface area contributed by atoms with Crippen molar-refractivity contribution in [2.45, 2.75) is 328 Å². The average Bonchev–Trinajstić information content (AvgIpc) is 3.57. The van der Waals surface area contributed by atoms with Crippen LogP contribution < -0.4 is 4.89 Å². The molecule has 0 heterocycles. The summed E-state index contributed by atoms with van der Waals surface area (Å²) in [4.78, 5) is 38.1. The van der Waals surface area contributed by atoms with Gasteiger partial charge in [-0.3, -0.25) is 14.2 Å². The molecule has 0 aliphatic carbocycles. The molecule has 0 spiro atoms. The van der Waals surface area contributed by atoms with E-state index in [1.807, 2.05) is 21.1 Å². The minimum Gasteiger partial charge on any atom is -0.756 e. The molecule has 0 aliphatic heterocycles. The lowest BCUT2D eigenvalue weighted by atomic mass is 10.0. The number of nitrogens with zero attached hydrogens (tertiary/aromatic N) is 1. The summed E-state index contributed by atoms with van der Waals surface area (Å²) < 4.78 is 34.3. The largest absolute Gasteiger partial charge is 0.756 e. The third-order valence-electron chi connectivity index (χ3n) is 15.8. The van der Waals surface area contributed by atoms with Crippen molar-refractivity contribution in [3.8, 4) is 0 Å². The molecule has 88 heavy (non-hydrogen) atoms. The lowest BCUT2D eigenvalue weighted by Gasteiger charge is -2.28. The monoisotopic (exact) mass is 1250 g/mol. The number of quaternary nitrogens is 1. The van der Waals surface area contributed by atoms with Crippen LogP contribution in [0.4, 0.5) is 0 Å². The second kappa shape index (κ2) is 68.0. The van der Waals surface area contributed by atoms with Crippen molar-refractivity contribution >= 4 is 19.8 Å². The van der Waals surface area contributed by atoms with Crippen LogP contribution in [0.1, 0.15) is 322 Å². The first-order valence-electron chi connectivity index (χ1n) is 36.6. The van der Waals surface area contributed by atoms with Crippen molar-refractivity contribution in [2.24, 2.45) is 0 Å². The van der Waals surface area contributed by atoms with Gasteiger partial charge in [0.1, 0.15) is 19.8 Å². The first-order valence-corrected chi connectivity index (χ1v) is 38.1. The van der Waals surface area contributed by atoms with Gasteiger partial charge in [-0.25, -0.2) is 0 Å². The van der Waals surface area contributed by atoms with E-state index in [2.05, 4.69) is 123 Å². The molecule has 0 aromatic carbocycles. The van der Waals surface area contributed by atoms with Crippen molar-refractivity contribution in [1.29, 1.82) is 0 Å². The molecule has 0 fully saturated rings. The van der Waals surface area contributed by atoms with Gasteiger partial charge in [-0.1, -0.05) is 316 Å². The third-order valence-corrected chi connectivity index (χ3v) is 16.7. The average molecular weight is 1250 g/mol. The quantitative estimate of drug-likeness (QED) is 0.0195. The van der Waals surface area contributed by atoms with Gasteiger partial charge in [-0.2, -0.15) is 0 Å². The Bertz CT molecular complexity index is 1850. The number of carbonyl (C=O) groups is 2. The zero-order valence-electron chi connectivity index (χ0n) is 57.9. The maximum Gasteiger partial charge on any atom is 0.306 e. The third kappa shape index (κ3) is 71.7. The lowest BCUT2D eigenvalue weighted by molar-refractivity contribution is -0.870. The maximum atomic E-state index is 12.9. The molecular formula is C78H138NO8P. The Morgan fingerprint density at radius 1 is 0.364 bits per heavy atom. The number of hydrogen-bond acceptors (Lipinski definition) is 8. The summed E-state index contributed by atoms with van der Waals surface area (Å²) in [5, 5.41) is 0. The molecule has 0 amide bonds. The number of rotatable bonds is 67. The van der Waals surface area contributed by atoms with Crippen molar-refractivity contribution in [1.82, 2.24) is 0 Å². The van der Waals surface area contributed by atoms with Crippen LogP contribution in [0.5, 0.6) is 0 Å². The van der Waals surface area contributed by atoms with Crippen LogP contribution in [0.15, 0.2) is 109 Å². The first-order chi connectivity index (χ1) is 43.0. The second-order valence-electron chi connectivity index (χ2n) is 25.6. The number of likely N-dealkylation sites (N-methyl/N-ethyl adjacent to an activating group) is 1. The van der Waals surface area contributed by atoms with E-state index in [0.717, 1.165) is 96.3 Å². The van der Waals surface area contributed by atoms with E-state index < -0.39 is 26.5 Å². The molecule has 0 rings (SSSR count). The molecule has 0 N–H and O–H groups in total. The van der Waals surface area contributed by atoms with E-state index >= 15 is 0 Å². The van der Waals surface area contributed by atoms with Crippen LogP contribution in [-0.4, -0.2) is 70.0 Å². The van der Waals surface area contributed by atoms with Crippen molar-refractivity contribution in [3.63, 3.8) is 0 Å². The predicted octanol–water partition coefficient (Wildman–Crippen LogP) is 23.4. The highest BCUT2D eigenvalue weighted by atomic mass is 31.2. The van der Waals surface area contributed by atoms with Crippen LogP contribution in [0.25, 0.3) is 0 Å². The molecule has 2 unspecified atom stereocenters. The second-order valence-corrected chi connectivity index (χ2v) is 27.0. The highest BCUT2D eigenvalue weighted by Gasteiger charge is 2.22. The molecule has 0 aromatic rings. The van der Waals surface area contributed by atoms with Gasteiger partial charge >= 0.3 is 11.9 Å². The van der Waals surface area contributed by atoms with Crippen molar-refractivity contribution < 1.29 is 42.1 Å². The summed E-state index contributed by atoms with van der Waals surface area (Å²) in [6.07, 6.45) is 96.0. The molecule has 0 saturated carbocycles. The summed E-state index contributed by atoms with van der Waals surface area (Å²) in [6, 6.07) is 0. The fourth-order valence-electron chi connectivity index (χ4n) is 10.2. The minimum atomic E-state index is -4.65. The van der Waals surface area contributed by atoms with Gasteiger partial charge in [0.05, 0.1) is 27.7 Å². The highest BCUT2D eigenvalue weighted by molar-refractivity contribution is 7.45. The summed E-state index contributed by atoms with van der Waals surface area (Å²) >= 11 is 0. The molecule has 10 heteroatoms. The van der Waals surface area contributed by atoms with E-state index in [9.17, 15) is 19.0 Å². The van der Waals surface area contributed by atoms with Crippen LogP contribution in [0.3, 0.4) is 0 Å². The van der Waals surface area contributed by atoms with Crippen LogP contribution in [-0.2, 0) is 32.7 Å². The number of hydrogen-bond donors (Lipinski definition) is 0. The Kier molecular flexibility index (Phi) is 65.5. The van der Waals surface area contributed by atoms with Gasteiger partial charge in [0, 0.05) is 12.8 Å². The van der Waals surface area contributed by atoms with Crippen LogP contribution >= 0.6 is 7.82 Å². The Morgan fingerprint density at radius 3 is 0.977 bits per heavy atom. The standard InChI is InChI=1S/C78H138NO8P/c1-6-8-10-12-14-16-18-20-22-24-26-28-30-32-34-36-37-38-39-40-41-43-45-47-49-51-53-55-57-59-61-63-65-67-69-71-78(81)87-76(75-86-88(82,83)85-73-72-79(3,4)5)74-84-77(80)70-68-66-64-62-60-58-56-54-52-50-48-46-44-42-35-33-31-29-27-25-23-21-19-17-15-13-11-9-7-2/h8,10,14,16,20,22,25-28,32,34,37-38,40-41,45,47,76H,6-7,9,11-13,15,17-19,21,23-24,29-31,33,35-36,39,42-44,46,48-75H2,1-5H3/b10-8-,16-14-,22-20-,27-25-,28-26-,34-32-,38-37-,41-40-,47-45-. The van der Waals surface area contributed by atoms with Gasteiger partial charge in [0.25, 0.3) is 7.82 Å². The molecule has 0 saturated heterocycles. The van der Waals surface area contributed by atoms with E-state index in [1.165, 1.54) is 193 Å². The first kappa shape index (κ1) is 84.7. The van der Waals surface area contributed by atoms with E-state index in [0.29, 0.717) is 17.4 Å². The van der Waals surface area contributed by atoms with Gasteiger partial charge in [0.15, 0.2) is 6.10 Å². The van der Waals surface area contributed by atoms with Gasteiger partial charge in [-0.15, -0.1) is 0 Å². The number of phosphoric acid groups is 1. The number of ether oxygens (including phenoxy) is 2. The number of phosphoric ester groups is 1. The van der Waals surface area contributed by atoms with Crippen LogP contribution in [0.2, 0.25) is 0 Å². The lowest BCUT2D eigenvalue weighted by Crippen LogP contribution is -2.37. The highest BCUT2D eigenvalue weighted by Crippen LogP contribution is 2.38. The van der Waals surface area contributed by atoms with Crippen molar-refractivity contribution in [3.05, 3.63) is 109 Å². The summed E-state index contributed by atoms with van der Waals surface area (Å²) in [5.74, 6) is -0.831. The molecular weight excluding hydrogens is 1110 g/mol. The van der Waals surface area contributed by atoms with E-state index in [-0.39, 0.29) is 32.0 Å². The maximum absolute atomic E-state index is 12.9. The minimum absolute atomic E-state index is 0.0349. The Labute approximate surface area is 544 Å². The number of carbonyl (C=O) groups excluding carboxylic acids is 2. The molecule has 0 aromatic heterocycles. The van der Waals surface area contributed by atoms with Gasteiger partial charge in [-0.05, 0) is 103 Å². The fourth-order valence-corrected chi connectivity index (χ4v) is 10.9. The fraction of sp³-hybridized carbons (Fsp3) is 0.744. The molecule has 0 aliphatic rings. The van der Waals surface area contributed by atoms with Crippen molar-refractivity contribution in [2.75, 3.05) is 47.5 Å². The topological polar surface area (TPSA) is 111 Å². The smallest absolute Gasteiger partial charge is 0.306 e. The Morgan fingerprint density at radius 2 is 0.648 bits per heavy atom.